The van der Waals surface area contributed by atoms with Crippen LogP contribution < -0.4 is 20.4 Å². The average molecular weight is 420 g/mol. The van der Waals surface area contributed by atoms with Crippen LogP contribution in [0.4, 0.5) is 11.4 Å². The van der Waals surface area contributed by atoms with Gasteiger partial charge in [-0.2, -0.15) is 0 Å². The van der Waals surface area contributed by atoms with Gasteiger partial charge >= 0.3 is 5.97 Å². The van der Waals surface area contributed by atoms with Gasteiger partial charge in [-0.1, -0.05) is 12.1 Å². The van der Waals surface area contributed by atoms with Gasteiger partial charge in [-0.15, -0.1) is 0 Å². The molecule has 0 saturated carbocycles. The molecule has 0 aromatic heterocycles. The molecule has 3 amide bonds. The Labute approximate surface area is 173 Å². The molecule has 11 heteroatoms. The molecule has 1 aromatic carbocycles. The number of aliphatic carboxylic acids is 1. The summed E-state index contributed by atoms with van der Waals surface area (Å²) in [5.74, 6) is -2.75. The molecule has 0 saturated heterocycles. The number of rotatable bonds is 9. The predicted molar refractivity (Wildman–Crippen MR) is 106 cm³/mol. The third kappa shape index (κ3) is 5.39. The number of anilines is 2. The SMILES string of the molecule is CN[C@H]1CN(C(=O)COC)c2ccccc2N(CC(=O)N[C@H](C=O)CC(=O)O)C1=O. The van der Waals surface area contributed by atoms with E-state index in [2.05, 4.69) is 10.6 Å². The summed E-state index contributed by atoms with van der Waals surface area (Å²) >= 11 is 0. The number of benzene rings is 1. The fourth-order valence-electron chi connectivity index (χ4n) is 3.12. The predicted octanol–water partition coefficient (Wildman–Crippen LogP) is -1.24. The Balaban J connectivity index is 2.36. The van der Waals surface area contributed by atoms with E-state index < -0.39 is 42.8 Å². The molecule has 0 spiro atoms. The van der Waals surface area contributed by atoms with Gasteiger partial charge in [0.05, 0.1) is 30.4 Å². The van der Waals surface area contributed by atoms with Crippen LogP contribution in [-0.4, -0.2) is 81.0 Å². The third-order valence-corrected chi connectivity index (χ3v) is 4.52. The highest BCUT2D eigenvalue weighted by atomic mass is 16.5. The number of amides is 3. The Morgan fingerprint density at radius 1 is 1.30 bits per heavy atom. The quantitative estimate of drug-likeness (QED) is 0.421. The van der Waals surface area contributed by atoms with E-state index in [1.807, 2.05) is 0 Å². The maximum atomic E-state index is 13.1. The van der Waals surface area contributed by atoms with Crippen molar-refractivity contribution in [3.63, 3.8) is 0 Å². The molecular formula is C19H24N4O7. The number of ether oxygens (including phenoxy) is 1. The molecule has 0 aliphatic carbocycles. The van der Waals surface area contributed by atoms with Crippen molar-refractivity contribution in [2.75, 3.05) is 43.7 Å². The number of hydrogen-bond donors (Lipinski definition) is 3. The number of carbonyl (C=O) groups is 5. The second kappa shape index (κ2) is 10.5. The Morgan fingerprint density at radius 3 is 2.53 bits per heavy atom. The van der Waals surface area contributed by atoms with Crippen LogP contribution in [0, 0.1) is 0 Å². The number of likely N-dealkylation sites (N-methyl/N-ethyl adjacent to an activating group) is 1. The third-order valence-electron chi connectivity index (χ3n) is 4.52. The molecule has 1 aliphatic rings. The number of carbonyl (C=O) groups excluding carboxylic acids is 4. The number of para-hydroxylation sites is 2. The van der Waals surface area contributed by atoms with Crippen molar-refractivity contribution in [2.24, 2.45) is 0 Å². The lowest BCUT2D eigenvalue weighted by Gasteiger charge is -2.25. The molecule has 1 aliphatic heterocycles. The van der Waals surface area contributed by atoms with Gasteiger partial charge in [-0.25, -0.2) is 0 Å². The highest BCUT2D eigenvalue weighted by Crippen LogP contribution is 2.32. The summed E-state index contributed by atoms with van der Waals surface area (Å²) in [5, 5.41) is 14.0. The summed E-state index contributed by atoms with van der Waals surface area (Å²) < 4.78 is 4.93. The standard InChI is InChI=1S/C19H24N4O7/c1-20-13-8-22(17(26)11-30-2)14-5-3-4-6-15(14)23(19(13)29)9-16(25)21-12(10-24)7-18(27)28/h3-6,10,12-13,20H,7-9,11H2,1-2H3,(H,21,25)(H,27,28)/t12-,13-/m0/s1. The first-order valence-corrected chi connectivity index (χ1v) is 9.15. The highest BCUT2D eigenvalue weighted by Gasteiger charge is 2.36. The number of aldehydes is 1. The van der Waals surface area contributed by atoms with Crippen molar-refractivity contribution >= 4 is 41.4 Å². The number of methoxy groups -OCH3 is 1. The van der Waals surface area contributed by atoms with Crippen LogP contribution in [0.25, 0.3) is 0 Å². The van der Waals surface area contributed by atoms with E-state index in [1.165, 1.54) is 16.9 Å². The molecule has 2 rings (SSSR count). The fourth-order valence-corrected chi connectivity index (χ4v) is 3.12. The molecule has 0 unspecified atom stereocenters. The summed E-state index contributed by atoms with van der Waals surface area (Å²) in [7, 11) is 2.95. The summed E-state index contributed by atoms with van der Waals surface area (Å²) in [6, 6.07) is 4.59. The Hall–Kier alpha value is -3.31. The molecular weight excluding hydrogens is 396 g/mol. The zero-order valence-corrected chi connectivity index (χ0v) is 16.7. The molecule has 0 bridgehead atoms. The molecule has 1 aromatic rings. The highest BCUT2D eigenvalue weighted by molar-refractivity contribution is 6.09. The monoisotopic (exact) mass is 420 g/mol. The van der Waals surface area contributed by atoms with Crippen molar-refractivity contribution < 1.29 is 33.8 Å². The van der Waals surface area contributed by atoms with Crippen molar-refractivity contribution in [3.05, 3.63) is 24.3 Å². The molecule has 2 atom stereocenters. The number of hydrogen-bond acceptors (Lipinski definition) is 7. The van der Waals surface area contributed by atoms with Crippen LogP contribution in [0.15, 0.2) is 24.3 Å². The molecule has 11 nitrogen and oxygen atoms in total. The number of carboxylic acids is 1. The van der Waals surface area contributed by atoms with Crippen LogP contribution in [-0.2, 0) is 28.7 Å². The van der Waals surface area contributed by atoms with E-state index in [1.54, 1.807) is 31.3 Å². The molecule has 162 valence electrons. The van der Waals surface area contributed by atoms with E-state index >= 15 is 0 Å². The van der Waals surface area contributed by atoms with Crippen LogP contribution in [0.1, 0.15) is 6.42 Å². The van der Waals surface area contributed by atoms with Crippen LogP contribution in [0.3, 0.4) is 0 Å². The van der Waals surface area contributed by atoms with Crippen molar-refractivity contribution in [1.82, 2.24) is 10.6 Å². The minimum Gasteiger partial charge on any atom is -0.481 e. The lowest BCUT2D eigenvalue weighted by molar-refractivity contribution is -0.139. The minimum atomic E-state index is -1.24. The topological polar surface area (TPSA) is 145 Å². The number of fused-ring (bicyclic) bond motifs is 1. The van der Waals surface area contributed by atoms with Gasteiger partial charge < -0.3 is 30.2 Å². The summed E-state index contributed by atoms with van der Waals surface area (Å²) in [5.41, 5.74) is 0.761. The van der Waals surface area contributed by atoms with E-state index in [9.17, 15) is 24.0 Å². The lowest BCUT2D eigenvalue weighted by Crippen LogP contribution is -2.52. The summed E-state index contributed by atoms with van der Waals surface area (Å²) in [6.07, 6.45) is -0.246. The van der Waals surface area contributed by atoms with Crippen LogP contribution in [0.5, 0.6) is 0 Å². The molecule has 30 heavy (non-hydrogen) atoms. The van der Waals surface area contributed by atoms with Gasteiger partial charge in [0.1, 0.15) is 25.5 Å². The summed E-state index contributed by atoms with van der Waals surface area (Å²) in [4.78, 5) is 62.6. The van der Waals surface area contributed by atoms with Gasteiger partial charge in [0, 0.05) is 7.11 Å². The largest absolute Gasteiger partial charge is 0.481 e. The maximum absolute atomic E-state index is 13.1. The van der Waals surface area contributed by atoms with Gasteiger partial charge in [0.2, 0.25) is 11.8 Å². The van der Waals surface area contributed by atoms with Crippen molar-refractivity contribution in [1.29, 1.82) is 0 Å². The lowest BCUT2D eigenvalue weighted by atomic mass is 10.2. The average Bonchev–Trinajstić information content (AvgIpc) is 2.82. The first-order chi connectivity index (χ1) is 14.3. The van der Waals surface area contributed by atoms with Gasteiger partial charge in [0.15, 0.2) is 0 Å². The van der Waals surface area contributed by atoms with E-state index in [-0.39, 0.29) is 19.1 Å². The summed E-state index contributed by atoms with van der Waals surface area (Å²) in [6.45, 7) is -0.609. The van der Waals surface area contributed by atoms with Crippen LogP contribution >= 0.6 is 0 Å². The maximum Gasteiger partial charge on any atom is 0.305 e. The number of carboxylic acid groups (broad SMARTS) is 1. The molecule has 1 heterocycles. The van der Waals surface area contributed by atoms with E-state index in [0.29, 0.717) is 17.7 Å². The van der Waals surface area contributed by atoms with Crippen molar-refractivity contribution in [3.8, 4) is 0 Å². The van der Waals surface area contributed by atoms with Crippen LogP contribution in [0.2, 0.25) is 0 Å². The molecule has 0 fully saturated rings. The minimum absolute atomic E-state index is 0.0304. The van der Waals surface area contributed by atoms with E-state index in [0.717, 1.165) is 0 Å². The fraction of sp³-hybridized carbons (Fsp3) is 0.421. The number of nitrogens with one attached hydrogen (secondary N) is 2. The van der Waals surface area contributed by atoms with E-state index in [4.69, 9.17) is 9.84 Å². The zero-order valence-electron chi connectivity index (χ0n) is 16.7. The number of nitrogens with zero attached hydrogens (tertiary/aromatic N) is 2. The smallest absolute Gasteiger partial charge is 0.305 e. The van der Waals surface area contributed by atoms with Gasteiger partial charge in [-0.05, 0) is 19.2 Å². The zero-order chi connectivity index (χ0) is 22.3. The van der Waals surface area contributed by atoms with Crippen molar-refractivity contribution in [2.45, 2.75) is 18.5 Å². The molecule has 0 radical (unpaired) electrons. The molecule has 3 N–H and O–H groups in total. The Bertz CT molecular complexity index is 829. The first kappa shape index (κ1) is 23.0. The Kier molecular flexibility index (Phi) is 8.01. The van der Waals surface area contributed by atoms with Gasteiger partial charge in [-0.3, -0.25) is 24.1 Å². The van der Waals surface area contributed by atoms with Gasteiger partial charge in [0.25, 0.3) is 5.91 Å². The first-order valence-electron chi connectivity index (χ1n) is 9.15. The Morgan fingerprint density at radius 2 is 1.97 bits per heavy atom. The second-order valence-corrected chi connectivity index (χ2v) is 6.60. The normalized spacial score (nSPS) is 17.0. The second-order valence-electron chi connectivity index (χ2n) is 6.60.